The summed E-state index contributed by atoms with van der Waals surface area (Å²) in [4.78, 5) is 14.2. The van der Waals surface area contributed by atoms with E-state index in [1.165, 1.54) is 5.56 Å². The van der Waals surface area contributed by atoms with Crippen LogP contribution in [0.4, 0.5) is 0 Å². The Morgan fingerprint density at radius 3 is 2.76 bits per heavy atom. The number of hydrogen-bond donors (Lipinski definition) is 1. The molecule has 2 aliphatic heterocycles. The van der Waals surface area contributed by atoms with E-state index in [1.807, 2.05) is 24.1 Å². The zero-order chi connectivity index (χ0) is 12.0. The minimum atomic E-state index is -0.0711. The van der Waals surface area contributed by atoms with E-state index in [1.54, 1.807) is 0 Å². The fraction of sp³-hybridized carbons (Fsp3) is 0.462. The second-order valence-corrected chi connectivity index (χ2v) is 5.75. The summed E-state index contributed by atoms with van der Waals surface area (Å²) < 4.78 is 0.976. The number of carbonyl (C=O) groups is 1. The van der Waals surface area contributed by atoms with Crippen LogP contribution in [0.25, 0.3) is 0 Å². The molecule has 4 heteroatoms. The molecule has 3 rings (SSSR count). The van der Waals surface area contributed by atoms with Gasteiger partial charge in [0.1, 0.15) is 0 Å². The van der Waals surface area contributed by atoms with E-state index in [0.29, 0.717) is 0 Å². The molecule has 1 aromatic rings. The van der Waals surface area contributed by atoms with Crippen molar-refractivity contribution >= 4 is 21.8 Å². The molecule has 2 heterocycles. The molecule has 0 aliphatic carbocycles. The summed E-state index contributed by atoms with van der Waals surface area (Å²) in [7, 11) is 1.93. The summed E-state index contributed by atoms with van der Waals surface area (Å²) >= 11 is 3.44. The van der Waals surface area contributed by atoms with E-state index in [2.05, 4.69) is 27.3 Å². The first kappa shape index (κ1) is 11.2. The Kier molecular flexibility index (Phi) is 2.52. The van der Waals surface area contributed by atoms with Crippen LogP contribution in [0.5, 0.6) is 0 Å². The molecule has 0 radical (unpaired) electrons. The number of halogens is 1. The Labute approximate surface area is 109 Å². The Hall–Kier alpha value is -0.870. The van der Waals surface area contributed by atoms with E-state index >= 15 is 0 Å². The molecule has 1 saturated heterocycles. The highest BCUT2D eigenvalue weighted by molar-refractivity contribution is 9.10. The maximum absolute atomic E-state index is 12.3. The summed E-state index contributed by atoms with van der Waals surface area (Å²) in [5, 5.41) is 3.37. The molecule has 1 N–H and O–H groups in total. The second-order valence-electron chi connectivity index (χ2n) is 4.84. The number of nitrogens with zero attached hydrogens (tertiary/aromatic N) is 1. The molecule has 0 unspecified atom stereocenters. The molecule has 1 fully saturated rings. The van der Waals surface area contributed by atoms with Gasteiger partial charge in [0.05, 0.1) is 5.54 Å². The fourth-order valence-electron chi connectivity index (χ4n) is 3.10. The Bertz CT molecular complexity index is 480. The monoisotopic (exact) mass is 294 g/mol. The van der Waals surface area contributed by atoms with Gasteiger partial charge in [-0.1, -0.05) is 22.0 Å². The van der Waals surface area contributed by atoms with E-state index in [9.17, 15) is 4.79 Å². The van der Waals surface area contributed by atoms with E-state index in [-0.39, 0.29) is 11.4 Å². The molecular formula is C13H15BrN2O. The van der Waals surface area contributed by atoms with Gasteiger partial charge in [-0.3, -0.25) is 4.79 Å². The number of benzene rings is 1. The predicted molar refractivity (Wildman–Crippen MR) is 70.0 cm³/mol. The van der Waals surface area contributed by atoms with Crippen LogP contribution in [-0.2, 0) is 5.54 Å². The third-order valence-electron chi connectivity index (χ3n) is 4.09. The smallest absolute Gasteiger partial charge is 0.254 e. The van der Waals surface area contributed by atoms with Crippen LogP contribution in [0.15, 0.2) is 22.7 Å². The average molecular weight is 295 g/mol. The highest BCUT2D eigenvalue weighted by Gasteiger charge is 2.47. The van der Waals surface area contributed by atoms with Crippen molar-refractivity contribution in [2.24, 2.45) is 0 Å². The zero-order valence-corrected chi connectivity index (χ0v) is 11.4. The minimum absolute atomic E-state index is 0.0711. The first-order valence-corrected chi connectivity index (χ1v) is 6.73. The quantitative estimate of drug-likeness (QED) is 0.795. The van der Waals surface area contributed by atoms with Crippen LogP contribution in [0, 0.1) is 0 Å². The molecule has 0 atom stereocenters. The number of carbonyl (C=O) groups excluding carboxylic acids is 1. The van der Waals surface area contributed by atoms with Crippen molar-refractivity contribution in [2.75, 3.05) is 20.1 Å². The van der Waals surface area contributed by atoms with Crippen molar-refractivity contribution in [1.82, 2.24) is 10.2 Å². The number of nitrogens with one attached hydrogen (secondary N) is 1. The van der Waals surface area contributed by atoms with Gasteiger partial charge in [-0.2, -0.15) is 0 Å². The van der Waals surface area contributed by atoms with Gasteiger partial charge in [-0.25, -0.2) is 0 Å². The van der Waals surface area contributed by atoms with E-state index in [0.717, 1.165) is 36.0 Å². The van der Waals surface area contributed by atoms with Crippen LogP contribution in [0.2, 0.25) is 0 Å². The lowest BCUT2D eigenvalue weighted by atomic mass is 9.81. The number of piperidine rings is 1. The average Bonchev–Trinajstić information content (AvgIpc) is 2.54. The summed E-state index contributed by atoms with van der Waals surface area (Å²) in [5.41, 5.74) is 2.00. The number of hydrogen-bond acceptors (Lipinski definition) is 2. The van der Waals surface area contributed by atoms with Crippen molar-refractivity contribution in [3.05, 3.63) is 33.8 Å². The Morgan fingerprint density at radius 1 is 1.35 bits per heavy atom. The maximum atomic E-state index is 12.3. The number of fused-ring (bicyclic) bond motifs is 2. The van der Waals surface area contributed by atoms with Crippen LogP contribution < -0.4 is 5.32 Å². The molecule has 2 aliphatic rings. The normalized spacial score (nSPS) is 22.0. The molecule has 0 saturated carbocycles. The van der Waals surface area contributed by atoms with Gasteiger partial charge >= 0.3 is 0 Å². The standard InChI is InChI=1S/C13H15BrN2O/c1-16-12(17)10-8-9(14)2-3-11(10)13(16)4-6-15-7-5-13/h2-3,8,15H,4-7H2,1H3. The highest BCUT2D eigenvalue weighted by Crippen LogP contribution is 2.44. The molecule has 1 aromatic carbocycles. The molecule has 1 amide bonds. The molecule has 0 bridgehead atoms. The first-order chi connectivity index (χ1) is 8.15. The largest absolute Gasteiger partial charge is 0.332 e. The third-order valence-corrected chi connectivity index (χ3v) is 4.58. The van der Waals surface area contributed by atoms with Crippen LogP contribution >= 0.6 is 15.9 Å². The van der Waals surface area contributed by atoms with Gasteiger partial charge in [0, 0.05) is 17.1 Å². The van der Waals surface area contributed by atoms with E-state index < -0.39 is 0 Å². The molecule has 90 valence electrons. The van der Waals surface area contributed by atoms with Crippen molar-refractivity contribution in [1.29, 1.82) is 0 Å². The van der Waals surface area contributed by atoms with Crippen LogP contribution in [-0.4, -0.2) is 30.9 Å². The van der Waals surface area contributed by atoms with Gasteiger partial charge in [-0.05, 0) is 43.6 Å². The lowest BCUT2D eigenvalue weighted by Gasteiger charge is -2.40. The molecule has 17 heavy (non-hydrogen) atoms. The second kappa shape index (κ2) is 3.82. The van der Waals surface area contributed by atoms with Crippen LogP contribution in [0.3, 0.4) is 0 Å². The van der Waals surface area contributed by atoms with E-state index in [4.69, 9.17) is 0 Å². The summed E-state index contributed by atoms with van der Waals surface area (Å²) in [6, 6.07) is 6.09. The predicted octanol–water partition coefficient (Wildman–Crippen LogP) is 2.11. The summed E-state index contributed by atoms with van der Waals surface area (Å²) in [6.45, 7) is 1.96. The van der Waals surface area contributed by atoms with Gasteiger partial charge < -0.3 is 10.2 Å². The Balaban J connectivity index is 2.16. The highest BCUT2D eigenvalue weighted by atomic mass is 79.9. The van der Waals surface area contributed by atoms with Crippen molar-refractivity contribution < 1.29 is 4.79 Å². The molecular weight excluding hydrogens is 280 g/mol. The van der Waals surface area contributed by atoms with Crippen molar-refractivity contribution in [3.8, 4) is 0 Å². The number of amides is 1. The molecule has 3 nitrogen and oxygen atoms in total. The lowest BCUT2D eigenvalue weighted by Crippen LogP contribution is -2.48. The first-order valence-electron chi connectivity index (χ1n) is 5.94. The lowest BCUT2D eigenvalue weighted by molar-refractivity contribution is 0.0551. The van der Waals surface area contributed by atoms with Gasteiger partial charge in [0.2, 0.25) is 0 Å². The Morgan fingerprint density at radius 2 is 2.06 bits per heavy atom. The molecule has 0 aromatic heterocycles. The SMILES string of the molecule is CN1C(=O)c2cc(Br)ccc2C12CCNCC2. The van der Waals surface area contributed by atoms with Gasteiger partial charge in [0.15, 0.2) is 0 Å². The fourth-order valence-corrected chi connectivity index (χ4v) is 3.46. The van der Waals surface area contributed by atoms with Crippen LogP contribution in [0.1, 0.15) is 28.8 Å². The molecule has 1 spiro atoms. The summed E-state index contributed by atoms with van der Waals surface area (Å²) in [5.74, 6) is 0.156. The van der Waals surface area contributed by atoms with Crippen molar-refractivity contribution in [3.63, 3.8) is 0 Å². The third kappa shape index (κ3) is 1.47. The topological polar surface area (TPSA) is 32.3 Å². The van der Waals surface area contributed by atoms with Gasteiger partial charge in [0.25, 0.3) is 5.91 Å². The maximum Gasteiger partial charge on any atom is 0.254 e. The van der Waals surface area contributed by atoms with Gasteiger partial charge in [-0.15, -0.1) is 0 Å². The summed E-state index contributed by atoms with van der Waals surface area (Å²) in [6.07, 6.45) is 2.01. The minimum Gasteiger partial charge on any atom is -0.332 e. The zero-order valence-electron chi connectivity index (χ0n) is 9.79. The van der Waals surface area contributed by atoms with Crippen molar-refractivity contribution in [2.45, 2.75) is 18.4 Å². The number of rotatable bonds is 0.